The molecule has 218 valence electrons. The highest BCUT2D eigenvalue weighted by Gasteiger charge is 2.47. The Kier molecular flexibility index (Phi) is 9.48. The summed E-state index contributed by atoms with van der Waals surface area (Å²) in [6.07, 6.45) is -4.39. The first kappa shape index (κ1) is 30.9. The summed E-state index contributed by atoms with van der Waals surface area (Å²) in [4.78, 5) is 54.2. The Morgan fingerprint density at radius 1 is 1.15 bits per heavy atom. The van der Waals surface area contributed by atoms with Crippen molar-refractivity contribution in [3.63, 3.8) is 0 Å². The van der Waals surface area contributed by atoms with Gasteiger partial charge in [0.15, 0.2) is 6.04 Å². The zero-order valence-electron chi connectivity index (χ0n) is 21.8. The smallest absolute Gasteiger partial charge is 0.416 e. The molecule has 0 aromatic heterocycles. The lowest BCUT2D eigenvalue weighted by Crippen LogP contribution is -2.64. The SMILES string of the molecule is CC(C)CCC(=O)C(=[N+]=[N-])NC(=O)[C@@H]1CCCN2C(=O)CCC(NS(=O)(=O)c3ccc(C(F)(F)F)cc3)C(=O)N12. The maximum atomic E-state index is 13.5. The summed E-state index contributed by atoms with van der Waals surface area (Å²) >= 11 is 0. The number of hydrazine groups is 1. The van der Waals surface area contributed by atoms with Crippen LogP contribution in [0.3, 0.4) is 0 Å². The highest BCUT2D eigenvalue weighted by Crippen LogP contribution is 2.30. The van der Waals surface area contributed by atoms with Crippen LogP contribution in [0.5, 0.6) is 0 Å². The fourth-order valence-corrected chi connectivity index (χ4v) is 5.57. The number of fused-ring (bicyclic) bond motifs is 1. The highest BCUT2D eigenvalue weighted by molar-refractivity contribution is 7.89. The van der Waals surface area contributed by atoms with Gasteiger partial charge in [0, 0.05) is 19.4 Å². The monoisotopic (exact) mass is 586 g/mol. The number of nitrogens with zero attached hydrogens (tertiary/aromatic N) is 4. The van der Waals surface area contributed by atoms with Gasteiger partial charge in [0.2, 0.25) is 15.9 Å². The first-order valence-electron chi connectivity index (χ1n) is 12.5. The molecule has 3 amide bonds. The van der Waals surface area contributed by atoms with E-state index < -0.39 is 68.1 Å². The zero-order chi connectivity index (χ0) is 29.8. The molecule has 2 aliphatic heterocycles. The molecule has 40 heavy (non-hydrogen) atoms. The van der Waals surface area contributed by atoms with Gasteiger partial charge in [0.25, 0.3) is 11.7 Å². The molecule has 1 aromatic rings. The van der Waals surface area contributed by atoms with Gasteiger partial charge < -0.3 is 10.3 Å². The number of amidine groups is 1. The first-order chi connectivity index (χ1) is 18.7. The van der Waals surface area contributed by atoms with Gasteiger partial charge >= 0.3 is 17.9 Å². The Labute approximate surface area is 228 Å². The van der Waals surface area contributed by atoms with Crippen LogP contribution in [0.2, 0.25) is 0 Å². The van der Waals surface area contributed by atoms with Gasteiger partial charge in [-0.2, -0.15) is 23.2 Å². The average molecular weight is 587 g/mol. The van der Waals surface area contributed by atoms with E-state index in [1.807, 2.05) is 13.8 Å². The normalized spacial score (nSPS) is 20.1. The van der Waals surface area contributed by atoms with Crippen LogP contribution < -0.4 is 10.0 Å². The molecule has 0 saturated carbocycles. The summed E-state index contributed by atoms with van der Waals surface area (Å²) in [6.45, 7) is 3.83. The van der Waals surface area contributed by atoms with Crippen LogP contribution in [0.4, 0.5) is 13.2 Å². The Balaban J connectivity index is 1.83. The van der Waals surface area contributed by atoms with Crippen molar-refractivity contribution in [2.75, 3.05) is 6.54 Å². The lowest BCUT2D eigenvalue weighted by Gasteiger charge is -2.41. The Bertz CT molecular complexity index is 1330. The Morgan fingerprint density at radius 2 is 1.80 bits per heavy atom. The molecule has 2 saturated heterocycles. The minimum Gasteiger partial charge on any atom is -0.497 e. The number of carbonyl (C=O) groups excluding carboxylic acids is 4. The van der Waals surface area contributed by atoms with Crippen molar-refractivity contribution in [3.8, 4) is 0 Å². The minimum absolute atomic E-state index is 0.0108. The maximum Gasteiger partial charge on any atom is 0.416 e. The van der Waals surface area contributed by atoms with Gasteiger partial charge in [0.1, 0.15) is 6.04 Å². The molecule has 12 nitrogen and oxygen atoms in total. The van der Waals surface area contributed by atoms with Gasteiger partial charge in [-0.1, -0.05) is 13.8 Å². The number of sulfonamides is 1. The van der Waals surface area contributed by atoms with Gasteiger partial charge in [-0.05, 0) is 55.9 Å². The number of halogens is 3. The van der Waals surface area contributed by atoms with Crippen molar-refractivity contribution in [1.82, 2.24) is 20.1 Å². The molecule has 16 heteroatoms. The number of ketones is 1. The van der Waals surface area contributed by atoms with E-state index in [-0.39, 0.29) is 38.1 Å². The van der Waals surface area contributed by atoms with Crippen LogP contribution in [0, 0.1) is 5.92 Å². The molecular weight excluding hydrogens is 557 g/mol. The number of carbonyl (C=O) groups is 4. The van der Waals surface area contributed by atoms with E-state index >= 15 is 0 Å². The van der Waals surface area contributed by atoms with E-state index in [9.17, 15) is 46.3 Å². The molecule has 3 rings (SSSR count). The molecule has 1 unspecified atom stereocenters. The third-order valence-corrected chi connectivity index (χ3v) is 8.00. The summed E-state index contributed by atoms with van der Waals surface area (Å²) < 4.78 is 66.6. The molecule has 2 heterocycles. The van der Waals surface area contributed by atoms with Crippen molar-refractivity contribution in [2.24, 2.45) is 5.92 Å². The van der Waals surface area contributed by atoms with Crippen molar-refractivity contribution >= 4 is 39.4 Å². The van der Waals surface area contributed by atoms with Crippen molar-refractivity contribution in [1.29, 1.82) is 0 Å². The van der Waals surface area contributed by atoms with Crippen LogP contribution in [-0.2, 0) is 35.4 Å². The van der Waals surface area contributed by atoms with E-state index in [1.54, 1.807) is 0 Å². The molecule has 2 aliphatic rings. The van der Waals surface area contributed by atoms with E-state index in [1.165, 1.54) is 0 Å². The van der Waals surface area contributed by atoms with Crippen molar-refractivity contribution in [2.45, 2.75) is 75.5 Å². The van der Waals surface area contributed by atoms with E-state index in [0.717, 1.165) is 22.2 Å². The van der Waals surface area contributed by atoms with Gasteiger partial charge in [0.05, 0.1) is 10.5 Å². The largest absolute Gasteiger partial charge is 0.497 e. The van der Waals surface area contributed by atoms with E-state index in [4.69, 9.17) is 0 Å². The standard InChI is InChI=1S/C24H29F3N6O6S/c1-14(2)5-11-19(34)21(30-28)29-22(36)18-4-3-13-32-20(35)12-10-17(23(37)33(18)32)31-40(38,39)16-8-6-15(7-9-16)24(25,26)27/h6-9,14,17-18,31H,3-5,10-13H2,1-2H3,(H,29,36)/t17?,18-/m0/s1. The van der Waals surface area contributed by atoms with Crippen LogP contribution in [0.1, 0.15) is 57.9 Å². The second-order valence-corrected chi connectivity index (χ2v) is 11.6. The zero-order valence-corrected chi connectivity index (χ0v) is 22.6. The van der Waals surface area contributed by atoms with Crippen LogP contribution in [0.25, 0.3) is 5.53 Å². The average Bonchev–Trinajstić information content (AvgIpc) is 3.01. The predicted molar refractivity (Wildman–Crippen MR) is 132 cm³/mol. The molecule has 0 spiro atoms. The Morgan fingerprint density at radius 3 is 2.38 bits per heavy atom. The fourth-order valence-electron chi connectivity index (χ4n) is 4.35. The topological polar surface area (TPSA) is 169 Å². The summed E-state index contributed by atoms with van der Waals surface area (Å²) in [5, 5.41) is 4.08. The summed E-state index contributed by atoms with van der Waals surface area (Å²) in [6, 6.07) is -0.199. The number of hydrogen-bond donors (Lipinski definition) is 2. The first-order valence-corrected chi connectivity index (χ1v) is 14.0. The molecule has 1 aromatic carbocycles. The number of amides is 3. The molecular formula is C24H29F3N6O6S. The number of alkyl halides is 3. The van der Waals surface area contributed by atoms with E-state index in [0.29, 0.717) is 25.0 Å². The quantitative estimate of drug-likeness (QED) is 0.203. The molecule has 0 radical (unpaired) electrons. The fraction of sp³-hybridized carbons (Fsp3) is 0.542. The third-order valence-electron chi connectivity index (χ3n) is 6.51. The summed E-state index contributed by atoms with van der Waals surface area (Å²) in [5.41, 5.74) is 8.23. The van der Waals surface area contributed by atoms with Crippen LogP contribution >= 0.6 is 0 Å². The lowest BCUT2D eigenvalue weighted by atomic mass is 10.0. The molecule has 0 aliphatic carbocycles. The molecule has 2 N–H and O–H groups in total. The maximum absolute atomic E-state index is 13.5. The molecule has 0 bridgehead atoms. The van der Waals surface area contributed by atoms with Crippen molar-refractivity contribution in [3.05, 3.63) is 35.4 Å². The number of benzene rings is 1. The van der Waals surface area contributed by atoms with Crippen molar-refractivity contribution < 1.29 is 45.6 Å². The summed E-state index contributed by atoms with van der Waals surface area (Å²) in [5.74, 6) is -3.51. The van der Waals surface area contributed by atoms with E-state index in [2.05, 4.69) is 14.8 Å². The molecule has 2 atom stereocenters. The lowest BCUT2D eigenvalue weighted by molar-refractivity contribution is -0.175. The van der Waals surface area contributed by atoms with Crippen LogP contribution in [0.15, 0.2) is 29.2 Å². The summed E-state index contributed by atoms with van der Waals surface area (Å²) in [7, 11) is -4.50. The Hall–Kier alpha value is -3.62. The number of rotatable bonds is 8. The minimum atomic E-state index is -4.68. The van der Waals surface area contributed by atoms with Gasteiger partial charge in [-0.3, -0.25) is 19.4 Å². The molecule has 2 fully saturated rings. The van der Waals surface area contributed by atoms with Gasteiger partial charge in [-0.25, -0.2) is 18.2 Å². The number of nitrogens with one attached hydrogen (secondary N) is 2. The predicted octanol–water partition coefficient (Wildman–Crippen LogP) is 1.63. The van der Waals surface area contributed by atoms with Crippen LogP contribution in [-0.4, -0.2) is 71.2 Å². The second kappa shape index (κ2) is 12.3. The second-order valence-electron chi connectivity index (χ2n) is 9.89. The number of Topliss-reactive ketones (excluding diaryl/α,β-unsaturated/α-hetero) is 1. The highest BCUT2D eigenvalue weighted by atomic mass is 32.2. The van der Waals surface area contributed by atoms with Gasteiger partial charge in [-0.15, -0.1) is 0 Å². The third kappa shape index (κ3) is 7.11. The number of hydrogen-bond acceptors (Lipinski definition) is 6.